The fourth-order valence-electron chi connectivity index (χ4n) is 3.66. The number of rotatable bonds is 4. The van der Waals surface area contributed by atoms with E-state index in [0.717, 1.165) is 64.1 Å². The maximum atomic E-state index is 12.9. The zero-order valence-electron chi connectivity index (χ0n) is 12.4. The molecule has 0 spiro atoms. The van der Waals surface area contributed by atoms with E-state index in [-0.39, 0.29) is 12.0 Å². The molecular formula is C16H28N2O2. The summed E-state index contributed by atoms with van der Waals surface area (Å²) in [7, 11) is 0. The second-order valence-corrected chi connectivity index (χ2v) is 6.94. The molecule has 1 heterocycles. The van der Waals surface area contributed by atoms with Crippen LogP contribution in [0.2, 0.25) is 0 Å². The Kier molecular flexibility index (Phi) is 4.61. The van der Waals surface area contributed by atoms with E-state index in [4.69, 9.17) is 0 Å². The molecule has 2 aliphatic carbocycles. The Balaban J connectivity index is 1.63. The Morgan fingerprint density at radius 1 is 1.10 bits per heavy atom. The molecule has 1 amide bonds. The minimum atomic E-state index is -0.138. The highest BCUT2D eigenvalue weighted by molar-refractivity contribution is 5.79. The van der Waals surface area contributed by atoms with E-state index in [1.807, 2.05) is 0 Å². The van der Waals surface area contributed by atoms with E-state index in [9.17, 15) is 9.90 Å². The summed E-state index contributed by atoms with van der Waals surface area (Å²) in [5, 5.41) is 13.0. The molecule has 1 atom stereocenters. The average Bonchev–Trinajstić information content (AvgIpc) is 3.30. The van der Waals surface area contributed by atoms with E-state index in [2.05, 4.69) is 10.2 Å². The maximum Gasteiger partial charge on any atom is 0.227 e. The van der Waals surface area contributed by atoms with Crippen LogP contribution in [0.3, 0.4) is 0 Å². The molecule has 3 aliphatic rings. The Hall–Kier alpha value is -0.610. The molecule has 3 fully saturated rings. The van der Waals surface area contributed by atoms with Gasteiger partial charge in [-0.1, -0.05) is 0 Å². The molecule has 1 saturated heterocycles. The first kappa shape index (κ1) is 14.3. The monoisotopic (exact) mass is 280 g/mol. The van der Waals surface area contributed by atoms with Crippen LogP contribution in [0.15, 0.2) is 0 Å². The minimum absolute atomic E-state index is 0.138. The van der Waals surface area contributed by atoms with Crippen LogP contribution in [0.5, 0.6) is 0 Å². The SMILES string of the molecule is O=C(C1CCCNC1)N(CC1CC1)C1CCC(O)CC1. The first-order valence-corrected chi connectivity index (χ1v) is 8.43. The standard InChI is InChI=1S/C16H28N2O2/c19-15-7-5-14(6-8-15)18(11-12-3-4-12)16(20)13-2-1-9-17-10-13/h12-15,17,19H,1-11H2. The molecular weight excluding hydrogens is 252 g/mol. The predicted molar refractivity (Wildman–Crippen MR) is 78.3 cm³/mol. The highest BCUT2D eigenvalue weighted by atomic mass is 16.3. The van der Waals surface area contributed by atoms with Gasteiger partial charge in [0.1, 0.15) is 0 Å². The summed E-state index contributed by atoms with van der Waals surface area (Å²) < 4.78 is 0. The van der Waals surface area contributed by atoms with Gasteiger partial charge in [0.25, 0.3) is 0 Å². The summed E-state index contributed by atoms with van der Waals surface area (Å²) in [6.45, 7) is 2.88. The first-order chi connectivity index (χ1) is 9.74. The van der Waals surface area contributed by atoms with Crippen LogP contribution in [-0.4, -0.2) is 47.7 Å². The number of hydrogen-bond donors (Lipinski definition) is 2. The lowest BCUT2D eigenvalue weighted by Crippen LogP contribution is -2.49. The predicted octanol–water partition coefficient (Wildman–Crippen LogP) is 1.53. The van der Waals surface area contributed by atoms with Crippen LogP contribution < -0.4 is 5.32 Å². The third-order valence-corrected chi connectivity index (χ3v) is 5.19. The third kappa shape index (κ3) is 3.53. The Morgan fingerprint density at radius 3 is 2.45 bits per heavy atom. The van der Waals surface area contributed by atoms with Gasteiger partial charge in [-0.15, -0.1) is 0 Å². The number of carbonyl (C=O) groups excluding carboxylic acids is 1. The smallest absolute Gasteiger partial charge is 0.227 e. The van der Waals surface area contributed by atoms with Gasteiger partial charge in [-0.3, -0.25) is 4.79 Å². The fraction of sp³-hybridized carbons (Fsp3) is 0.938. The van der Waals surface area contributed by atoms with Gasteiger partial charge in [0.05, 0.1) is 12.0 Å². The van der Waals surface area contributed by atoms with Crippen LogP contribution in [0, 0.1) is 11.8 Å². The van der Waals surface area contributed by atoms with E-state index >= 15 is 0 Å². The van der Waals surface area contributed by atoms with Gasteiger partial charge >= 0.3 is 0 Å². The van der Waals surface area contributed by atoms with Crippen molar-refractivity contribution in [2.45, 2.75) is 63.5 Å². The Labute approximate surface area is 121 Å². The summed E-state index contributed by atoms with van der Waals surface area (Å²) in [4.78, 5) is 15.1. The van der Waals surface area contributed by atoms with Gasteiger partial charge in [0, 0.05) is 19.1 Å². The normalized spacial score (nSPS) is 34.8. The summed E-state index contributed by atoms with van der Waals surface area (Å²) in [5.74, 6) is 1.32. The van der Waals surface area contributed by atoms with Gasteiger partial charge in [-0.2, -0.15) is 0 Å². The molecule has 0 aromatic rings. The molecule has 0 bridgehead atoms. The molecule has 1 unspecified atom stereocenters. The van der Waals surface area contributed by atoms with Crippen molar-refractivity contribution in [3.05, 3.63) is 0 Å². The molecule has 0 radical (unpaired) electrons. The number of carbonyl (C=O) groups is 1. The molecule has 0 aromatic carbocycles. The number of hydrogen-bond acceptors (Lipinski definition) is 3. The number of aliphatic hydroxyl groups is 1. The van der Waals surface area contributed by atoms with Crippen molar-refractivity contribution in [1.29, 1.82) is 0 Å². The van der Waals surface area contributed by atoms with Gasteiger partial charge < -0.3 is 15.3 Å². The van der Waals surface area contributed by atoms with Crippen LogP contribution in [0.1, 0.15) is 51.4 Å². The highest BCUT2D eigenvalue weighted by Gasteiger charge is 2.36. The van der Waals surface area contributed by atoms with Crippen LogP contribution in [0.4, 0.5) is 0 Å². The van der Waals surface area contributed by atoms with Gasteiger partial charge in [0.2, 0.25) is 5.91 Å². The van der Waals surface area contributed by atoms with Crippen molar-refractivity contribution in [3.63, 3.8) is 0 Å². The molecule has 20 heavy (non-hydrogen) atoms. The Bertz CT molecular complexity index is 329. The lowest BCUT2D eigenvalue weighted by molar-refractivity contribution is -0.140. The highest BCUT2D eigenvalue weighted by Crippen LogP contribution is 2.33. The average molecular weight is 280 g/mol. The number of nitrogens with one attached hydrogen (secondary N) is 1. The van der Waals surface area contributed by atoms with E-state index < -0.39 is 0 Å². The topological polar surface area (TPSA) is 52.6 Å². The summed E-state index contributed by atoms with van der Waals surface area (Å²) in [6.07, 6.45) is 8.31. The quantitative estimate of drug-likeness (QED) is 0.821. The van der Waals surface area contributed by atoms with E-state index in [1.165, 1.54) is 12.8 Å². The second kappa shape index (κ2) is 6.44. The van der Waals surface area contributed by atoms with E-state index in [1.54, 1.807) is 0 Å². The number of piperidine rings is 1. The second-order valence-electron chi connectivity index (χ2n) is 6.94. The van der Waals surface area contributed by atoms with Crippen LogP contribution in [0.25, 0.3) is 0 Å². The zero-order valence-corrected chi connectivity index (χ0v) is 12.4. The molecule has 2 N–H and O–H groups in total. The maximum absolute atomic E-state index is 12.9. The van der Waals surface area contributed by atoms with Crippen molar-refractivity contribution < 1.29 is 9.90 Å². The van der Waals surface area contributed by atoms with E-state index in [0.29, 0.717) is 11.9 Å². The lowest BCUT2D eigenvalue weighted by Gasteiger charge is -2.38. The summed E-state index contributed by atoms with van der Waals surface area (Å²) >= 11 is 0. The lowest BCUT2D eigenvalue weighted by atomic mass is 9.90. The van der Waals surface area contributed by atoms with Gasteiger partial charge in [-0.05, 0) is 63.8 Å². The van der Waals surface area contributed by atoms with Gasteiger partial charge in [0.15, 0.2) is 0 Å². The van der Waals surface area contributed by atoms with Crippen molar-refractivity contribution >= 4 is 5.91 Å². The number of amides is 1. The molecule has 114 valence electrons. The van der Waals surface area contributed by atoms with Crippen molar-refractivity contribution in [2.24, 2.45) is 11.8 Å². The number of nitrogens with zero attached hydrogens (tertiary/aromatic N) is 1. The summed E-state index contributed by atoms with van der Waals surface area (Å²) in [5.41, 5.74) is 0. The van der Waals surface area contributed by atoms with Crippen molar-refractivity contribution in [2.75, 3.05) is 19.6 Å². The molecule has 3 rings (SSSR count). The molecule has 4 nitrogen and oxygen atoms in total. The third-order valence-electron chi connectivity index (χ3n) is 5.19. The number of aliphatic hydroxyl groups excluding tert-OH is 1. The zero-order chi connectivity index (χ0) is 13.9. The van der Waals surface area contributed by atoms with Crippen molar-refractivity contribution in [1.82, 2.24) is 10.2 Å². The van der Waals surface area contributed by atoms with Crippen LogP contribution >= 0.6 is 0 Å². The molecule has 4 heteroatoms. The molecule has 0 aromatic heterocycles. The van der Waals surface area contributed by atoms with Crippen LogP contribution in [-0.2, 0) is 4.79 Å². The molecule has 1 aliphatic heterocycles. The fourth-order valence-corrected chi connectivity index (χ4v) is 3.66. The minimum Gasteiger partial charge on any atom is -0.393 e. The summed E-state index contributed by atoms with van der Waals surface area (Å²) in [6, 6.07) is 0.383. The van der Waals surface area contributed by atoms with Gasteiger partial charge in [-0.25, -0.2) is 0 Å². The largest absolute Gasteiger partial charge is 0.393 e. The van der Waals surface area contributed by atoms with Crippen molar-refractivity contribution in [3.8, 4) is 0 Å². The first-order valence-electron chi connectivity index (χ1n) is 8.43. The Morgan fingerprint density at radius 2 is 1.85 bits per heavy atom. The molecule has 2 saturated carbocycles.